The molecule has 96 valence electrons. The molecule has 2 rings (SSSR count). The van der Waals surface area contributed by atoms with Crippen LogP contribution in [0.4, 0.5) is 8.78 Å². The van der Waals surface area contributed by atoms with E-state index in [9.17, 15) is 8.78 Å². The molecule has 0 bridgehead atoms. The molecule has 0 atom stereocenters. The Kier molecular flexibility index (Phi) is 3.82. The lowest BCUT2D eigenvalue weighted by molar-refractivity contribution is 0.151. The van der Waals surface area contributed by atoms with Crippen LogP contribution >= 0.6 is 0 Å². The SMILES string of the molecule is C#Cc1cccc(-c2ccc(OC)cc2C(F)F)c1. The van der Waals surface area contributed by atoms with Gasteiger partial charge in [-0.1, -0.05) is 24.1 Å². The molecule has 0 aromatic heterocycles. The van der Waals surface area contributed by atoms with E-state index in [1.807, 2.05) is 0 Å². The predicted octanol–water partition coefficient (Wildman–Crippen LogP) is 4.28. The summed E-state index contributed by atoms with van der Waals surface area (Å²) >= 11 is 0. The molecule has 0 radical (unpaired) electrons. The van der Waals surface area contributed by atoms with Crippen molar-refractivity contribution in [3.8, 4) is 29.2 Å². The highest BCUT2D eigenvalue weighted by molar-refractivity contribution is 5.70. The third-order valence-electron chi connectivity index (χ3n) is 2.83. The summed E-state index contributed by atoms with van der Waals surface area (Å²) in [5, 5.41) is 0. The maximum absolute atomic E-state index is 13.1. The molecular weight excluding hydrogens is 246 g/mol. The van der Waals surface area contributed by atoms with Crippen LogP contribution in [0.1, 0.15) is 17.6 Å². The molecule has 0 aliphatic rings. The summed E-state index contributed by atoms with van der Waals surface area (Å²) in [4.78, 5) is 0. The van der Waals surface area contributed by atoms with Gasteiger partial charge in [0.05, 0.1) is 7.11 Å². The number of hydrogen-bond donors (Lipinski definition) is 0. The first-order valence-electron chi connectivity index (χ1n) is 5.69. The Bertz CT molecular complexity index is 627. The minimum atomic E-state index is -2.57. The van der Waals surface area contributed by atoms with E-state index in [0.29, 0.717) is 22.4 Å². The molecule has 0 N–H and O–H groups in total. The van der Waals surface area contributed by atoms with Gasteiger partial charge in [0.2, 0.25) is 0 Å². The van der Waals surface area contributed by atoms with E-state index in [-0.39, 0.29) is 5.56 Å². The molecule has 1 nitrogen and oxygen atoms in total. The van der Waals surface area contributed by atoms with E-state index >= 15 is 0 Å². The maximum Gasteiger partial charge on any atom is 0.264 e. The van der Waals surface area contributed by atoms with Crippen LogP contribution in [0.25, 0.3) is 11.1 Å². The fourth-order valence-electron chi connectivity index (χ4n) is 1.89. The first-order valence-corrected chi connectivity index (χ1v) is 5.69. The van der Waals surface area contributed by atoms with E-state index in [1.54, 1.807) is 36.4 Å². The van der Waals surface area contributed by atoms with Crippen molar-refractivity contribution in [3.63, 3.8) is 0 Å². The molecule has 0 heterocycles. The lowest BCUT2D eigenvalue weighted by Crippen LogP contribution is -1.93. The van der Waals surface area contributed by atoms with Crippen LogP contribution in [0.3, 0.4) is 0 Å². The Labute approximate surface area is 110 Å². The summed E-state index contributed by atoms with van der Waals surface area (Å²) in [6.07, 6.45) is 2.75. The lowest BCUT2D eigenvalue weighted by Gasteiger charge is -2.11. The second-order valence-corrected chi connectivity index (χ2v) is 3.98. The van der Waals surface area contributed by atoms with Gasteiger partial charge in [-0.3, -0.25) is 0 Å². The van der Waals surface area contributed by atoms with Gasteiger partial charge in [0.15, 0.2) is 0 Å². The van der Waals surface area contributed by atoms with Crippen LogP contribution in [0.15, 0.2) is 42.5 Å². The Morgan fingerprint density at radius 3 is 2.58 bits per heavy atom. The van der Waals surface area contributed by atoms with Crippen LogP contribution in [-0.4, -0.2) is 7.11 Å². The van der Waals surface area contributed by atoms with Gasteiger partial charge in [0.25, 0.3) is 6.43 Å². The lowest BCUT2D eigenvalue weighted by atomic mass is 9.98. The summed E-state index contributed by atoms with van der Waals surface area (Å²) in [5.74, 6) is 2.91. The highest BCUT2D eigenvalue weighted by atomic mass is 19.3. The predicted molar refractivity (Wildman–Crippen MR) is 71.3 cm³/mol. The van der Waals surface area contributed by atoms with Crippen molar-refractivity contribution < 1.29 is 13.5 Å². The second kappa shape index (κ2) is 5.53. The molecule has 0 saturated heterocycles. The van der Waals surface area contributed by atoms with Crippen LogP contribution in [-0.2, 0) is 0 Å². The quantitative estimate of drug-likeness (QED) is 0.746. The normalized spacial score (nSPS) is 10.3. The van der Waals surface area contributed by atoms with Crippen molar-refractivity contribution in [3.05, 3.63) is 53.6 Å². The molecule has 19 heavy (non-hydrogen) atoms. The van der Waals surface area contributed by atoms with Gasteiger partial charge in [-0.2, -0.15) is 0 Å². The zero-order chi connectivity index (χ0) is 13.8. The average molecular weight is 258 g/mol. The van der Waals surface area contributed by atoms with E-state index in [1.165, 1.54) is 13.2 Å². The minimum Gasteiger partial charge on any atom is -0.497 e. The first-order chi connectivity index (χ1) is 9.15. The van der Waals surface area contributed by atoms with Crippen molar-refractivity contribution in [2.75, 3.05) is 7.11 Å². The number of methoxy groups -OCH3 is 1. The highest BCUT2D eigenvalue weighted by Gasteiger charge is 2.15. The standard InChI is InChI=1S/C16H12F2O/c1-3-11-5-4-6-12(9-11)14-8-7-13(19-2)10-15(14)16(17)18/h1,4-10,16H,2H3. The smallest absolute Gasteiger partial charge is 0.264 e. The van der Waals surface area contributed by atoms with Crippen molar-refractivity contribution in [2.24, 2.45) is 0 Å². The van der Waals surface area contributed by atoms with E-state index < -0.39 is 6.43 Å². The molecule has 0 unspecified atom stereocenters. The van der Waals surface area contributed by atoms with Crippen LogP contribution in [0, 0.1) is 12.3 Å². The molecule has 0 saturated carbocycles. The number of ether oxygens (including phenoxy) is 1. The number of hydrogen-bond acceptors (Lipinski definition) is 1. The van der Waals surface area contributed by atoms with Crippen LogP contribution in [0.2, 0.25) is 0 Å². The van der Waals surface area contributed by atoms with E-state index in [0.717, 1.165) is 0 Å². The average Bonchev–Trinajstić information content (AvgIpc) is 2.46. The molecule has 3 heteroatoms. The van der Waals surface area contributed by atoms with E-state index in [2.05, 4.69) is 5.92 Å². The van der Waals surface area contributed by atoms with Crippen molar-refractivity contribution in [1.82, 2.24) is 0 Å². The summed E-state index contributed by atoms with van der Waals surface area (Å²) < 4.78 is 31.2. The topological polar surface area (TPSA) is 9.23 Å². The molecule has 0 fully saturated rings. The number of alkyl halides is 2. The maximum atomic E-state index is 13.1. The number of rotatable bonds is 3. The summed E-state index contributed by atoms with van der Waals surface area (Å²) in [7, 11) is 1.45. The largest absolute Gasteiger partial charge is 0.497 e. The minimum absolute atomic E-state index is 0.0616. The molecule has 0 amide bonds. The zero-order valence-electron chi connectivity index (χ0n) is 10.4. The number of terminal acetylenes is 1. The zero-order valence-corrected chi connectivity index (χ0v) is 10.4. The first kappa shape index (κ1) is 13.1. The molecule has 0 aliphatic heterocycles. The second-order valence-electron chi connectivity index (χ2n) is 3.98. The Balaban J connectivity index is 2.58. The van der Waals surface area contributed by atoms with Crippen molar-refractivity contribution in [2.45, 2.75) is 6.43 Å². The molecule has 0 spiro atoms. The van der Waals surface area contributed by atoms with Gasteiger partial charge in [-0.15, -0.1) is 6.42 Å². The summed E-state index contributed by atoms with van der Waals surface area (Å²) in [6.45, 7) is 0. The van der Waals surface area contributed by atoms with Gasteiger partial charge in [0, 0.05) is 11.1 Å². The third-order valence-corrected chi connectivity index (χ3v) is 2.83. The van der Waals surface area contributed by atoms with Gasteiger partial charge < -0.3 is 4.74 Å². The van der Waals surface area contributed by atoms with Crippen molar-refractivity contribution >= 4 is 0 Å². The van der Waals surface area contributed by atoms with Gasteiger partial charge in [-0.05, 0) is 35.4 Å². The number of halogens is 2. The monoisotopic (exact) mass is 258 g/mol. The molecular formula is C16H12F2O. The fourth-order valence-corrected chi connectivity index (χ4v) is 1.89. The molecule has 2 aromatic rings. The Hall–Kier alpha value is -2.34. The van der Waals surface area contributed by atoms with E-state index in [4.69, 9.17) is 11.2 Å². The molecule has 2 aromatic carbocycles. The Morgan fingerprint density at radius 1 is 1.16 bits per heavy atom. The number of benzene rings is 2. The van der Waals surface area contributed by atoms with Crippen molar-refractivity contribution in [1.29, 1.82) is 0 Å². The van der Waals surface area contributed by atoms with Gasteiger partial charge >= 0.3 is 0 Å². The van der Waals surface area contributed by atoms with Gasteiger partial charge in [-0.25, -0.2) is 8.78 Å². The van der Waals surface area contributed by atoms with Crippen LogP contribution in [0.5, 0.6) is 5.75 Å². The summed E-state index contributed by atoms with van der Waals surface area (Å²) in [5.41, 5.74) is 1.74. The summed E-state index contributed by atoms with van der Waals surface area (Å²) in [6, 6.07) is 11.6. The van der Waals surface area contributed by atoms with Crippen LogP contribution < -0.4 is 4.74 Å². The third kappa shape index (κ3) is 2.74. The fraction of sp³-hybridized carbons (Fsp3) is 0.125. The highest BCUT2D eigenvalue weighted by Crippen LogP contribution is 2.34. The Morgan fingerprint density at radius 2 is 1.95 bits per heavy atom. The van der Waals surface area contributed by atoms with Gasteiger partial charge in [0.1, 0.15) is 5.75 Å². The molecule has 0 aliphatic carbocycles.